The Bertz CT molecular complexity index is 2130. The van der Waals surface area contributed by atoms with Crippen molar-refractivity contribution in [2.24, 2.45) is 0 Å². The molecule has 2 aromatic carbocycles. The zero-order valence-electron chi connectivity index (χ0n) is 32.1. The van der Waals surface area contributed by atoms with Crippen LogP contribution >= 0.6 is 0 Å². The Hall–Kier alpha value is -4.88. The van der Waals surface area contributed by atoms with E-state index in [1.165, 1.54) is 14.7 Å². The van der Waals surface area contributed by atoms with Crippen molar-refractivity contribution < 1.29 is 19.1 Å². The van der Waals surface area contributed by atoms with Gasteiger partial charge in [-0.2, -0.15) is 0 Å². The second kappa shape index (κ2) is 15.5. The minimum Gasteiger partial charge on any atom is -0.465 e. The number of fused-ring (bicyclic) bond motifs is 1. The maximum atomic E-state index is 14.6. The third kappa shape index (κ3) is 8.12. The standard InChI is InChI=1S/C41H52FN7O5/c1-40(2,3)49(39(53)54)41(4,5)37(51)44-31-15-17-32(18-16-31)48-36(50)34-24-30(42)25-43-35(34)47(38(48)52)33-10-7-9-29(23-33)28-13-11-27(12-14-28)26-46-20-8-19-45(6)21-22-46/h7,9-14,23-25,31-32H,8,15-22,26H2,1-6H3,(H,44,51)(H,53,54)/t31-,32+. The van der Waals surface area contributed by atoms with E-state index in [9.17, 15) is 28.7 Å². The van der Waals surface area contributed by atoms with E-state index in [0.29, 0.717) is 31.4 Å². The van der Waals surface area contributed by atoms with E-state index in [2.05, 4.69) is 51.4 Å². The topological polar surface area (TPSA) is 133 Å². The van der Waals surface area contributed by atoms with Gasteiger partial charge in [0.25, 0.3) is 5.56 Å². The third-order valence-corrected chi connectivity index (χ3v) is 10.9. The quantitative estimate of drug-likeness (QED) is 0.237. The number of hydrogen-bond acceptors (Lipinski definition) is 7. The molecule has 4 aromatic rings. The molecule has 6 rings (SSSR count). The number of amides is 2. The molecule has 13 heteroatoms. The largest absolute Gasteiger partial charge is 0.465 e. The van der Waals surface area contributed by atoms with Crippen LogP contribution in [-0.4, -0.2) is 96.3 Å². The van der Waals surface area contributed by atoms with Gasteiger partial charge in [-0.3, -0.25) is 24.0 Å². The number of likely N-dealkylation sites (N-methyl/N-ethyl adjacent to an activating group) is 1. The highest BCUT2D eigenvalue weighted by Gasteiger charge is 2.44. The molecule has 12 nitrogen and oxygen atoms in total. The maximum absolute atomic E-state index is 14.6. The van der Waals surface area contributed by atoms with Gasteiger partial charge in [0.2, 0.25) is 5.91 Å². The van der Waals surface area contributed by atoms with Crippen molar-refractivity contribution in [1.82, 2.24) is 34.1 Å². The average Bonchev–Trinajstić information content (AvgIpc) is 3.32. The molecule has 288 valence electrons. The van der Waals surface area contributed by atoms with Crippen molar-refractivity contribution in [2.45, 2.75) is 96.4 Å². The minimum atomic E-state index is -1.35. The van der Waals surface area contributed by atoms with E-state index in [1.54, 1.807) is 40.7 Å². The predicted octanol–water partition coefficient (Wildman–Crippen LogP) is 5.65. The lowest BCUT2D eigenvalue weighted by Crippen LogP contribution is -2.64. The Morgan fingerprint density at radius 1 is 0.926 bits per heavy atom. The summed E-state index contributed by atoms with van der Waals surface area (Å²) < 4.78 is 17.2. The highest BCUT2D eigenvalue weighted by atomic mass is 19.1. The van der Waals surface area contributed by atoms with Gasteiger partial charge in [-0.15, -0.1) is 0 Å². The number of nitrogens with zero attached hydrogens (tertiary/aromatic N) is 6. The fourth-order valence-electron chi connectivity index (χ4n) is 8.19. The van der Waals surface area contributed by atoms with Gasteiger partial charge in [-0.1, -0.05) is 36.4 Å². The molecule has 2 fully saturated rings. The third-order valence-electron chi connectivity index (χ3n) is 10.9. The smallest absolute Gasteiger partial charge is 0.408 e. The maximum Gasteiger partial charge on any atom is 0.408 e. The Labute approximate surface area is 315 Å². The van der Waals surface area contributed by atoms with Crippen LogP contribution in [0.3, 0.4) is 0 Å². The van der Waals surface area contributed by atoms with Crippen molar-refractivity contribution in [3.05, 3.63) is 93.0 Å². The van der Waals surface area contributed by atoms with Gasteiger partial charge in [-0.05, 0) is 122 Å². The Morgan fingerprint density at radius 3 is 2.30 bits per heavy atom. The first-order valence-corrected chi connectivity index (χ1v) is 18.8. The summed E-state index contributed by atoms with van der Waals surface area (Å²) in [5.41, 5.74) is 0.300. The molecular weight excluding hydrogens is 689 g/mol. The molecule has 0 bridgehead atoms. The van der Waals surface area contributed by atoms with E-state index in [0.717, 1.165) is 67.4 Å². The molecule has 2 N–H and O–H groups in total. The average molecular weight is 742 g/mol. The Kier molecular flexibility index (Phi) is 11.1. The molecule has 1 saturated carbocycles. The molecule has 2 aromatic heterocycles. The lowest BCUT2D eigenvalue weighted by molar-refractivity contribution is -0.134. The van der Waals surface area contributed by atoms with E-state index in [1.807, 2.05) is 18.2 Å². The van der Waals surface area contributed by atoms with Gasteiger partial charge in [0.05, 0.1) is 17.3 Å². The molecule has 0 unspecified atom stereocenters. The monoisotopic (exact) mass is 741 g/mol. The summed E-state index contributed by atoms with van der Waals surface area (Å²) in [4.78, 5) is 64.1. The molecule has 54 heavy (non-hydrogen) atoms. The number of pyridine rings is 1. The number of carbonyl (C=O) groups excluding carboxylic acids is 1. The number of halogens is 1. The fourth-order valence-corrected chi connectivity index (χ4v) is 8.19. The highest BCUT2D eigenvalue weighted by molar-refractivity contribution is 5.89. The number of carboxylic acid groups (broad SMARTS) is 1. The lowest BCUT2D eigenvalue weighted by atomic mass is 9.89. The molecule has 2 aliphatic rings. The van der Waals surface area contributed by atoms with Crippen LogP contribution in [0.1, 0.15) is 78.3 Å². The van der Waals surface area contributed by atoms with Crippen LogP contribution in [-0.2, 0) is 11.3 Å². The zero-order chi connectivity index (χ0) is 38.9. The van der Waals surface area contributed by atoms with Crippen LogP contribution < -0.4 is 16.6 Å². The Balaban J connectivity index is 1.25. The first-order valence-electron chi connectivity index (χ1n) is 18.8. The van der Waals surface area contributed by atoms with Gasteiger partial charge in [0, 0.05) is 37.3 Å². The number of aromatic nitrogens is 3. The summed E-state index contributed by atoms with van der Waals surface area (Å²) in [5.74, 6) is -1.10. The van der Waals surface area contributed by atoms with Crippen LogP contribution in [0.5, 0.6) is 0 Å². The summed E-state index contributed by atoms with van der Waals surface area (Å²) >= 11 is 0. The van der Waals surface area contributed by atoms with Crippen LogP contribution in [0.15, 0.2) is 70.4 Å². The van der Waals surface area contributed by atoms with Gasteiger partial charge >= 0.3 is 11.8 Å². The summed E-state index contributed by atoms with van der Waals surface area (Å²) in [6.45, 7) is 13.5. The van der Waals surface area contributed by atoms with E-state index >= 15 is 0 Å². The zero-order valence-corrected chi connectivity index (χ0v) is 32.1. The summed E-state index contributed by atoms with van der Waals surface area (Å²) in [6, 6.07) is 16.2. The first kappa shape index (κ1) is 38.8. The van der Waals surface area contributed by atoms with Crippen LogP contribution in [0.4, 0.5) is 9.18 Å². The number of nitrogens with one attached hydrogen (secondary N) is 1. The molecule has 0 spiro atoms. The first-order chi connectivity index (χ1) is 25.5. The molecule has 1 aliphatic carbocycles. The summed E-state index contributed by atoms with van der Waals surface area (Å²) in [5, 5.41) is 12.9. The van der Waals surface area contributed by atoms with Crippen LogP contribution in [0.2, 0.25) is 0 Å². The SMILES string of the molecule is CN1CCCN(Cc2ccc(-c3cccc(-n4c(=O)n([C@H]5CC[C@@H](NC(=O)C(C)(C)N(C(=O)O)C(C)(C)C)CC5)c(=O)c5cc(F)cnc54)c3)cc2)CC1. The summed E-state index contributed by atoms with van der Waals surface area (Å²) in [6.07, 6.45) is 2.68. The predicted molar refractivity (Wildman–Crippen MR) is 208 cm³/mol. The van der Waals surface area contributed by atoms with Crippen molar-refractivity contribution in [3.8, 4) is 16.8 Å². The lowest BCUT2D eigenvalue weighted by Gasteiger charge is -2.44. The van der Waals surface area contributed by atoms with E-state index in [-0.39, 0.29) is 17.1 Å². The molecule has 3 heterocycles. The van der Waals surface area contributed by atoms with E-state index < -0.39 is 46.2 Å². The molecular formula is C41H52FN7O5. The molecule has 1 saturated heterocycles. The van der Waals surface area contributed by atoms with Gasteiger partial charge < -0.3 is 15.3 Å². The highest BCUT2D eigenvalue weighted by Crippen LogP contribution is 2.31. The summed E-state index contributed by atoms with van der Waals surface area (Å²) in [7, 11) is 2.16. The molecule has 2 amide bonds. The number of carbonyl (C=O) groups is 2. The van der Waals surface area contributed by atoms with Gasteiger partial charge in [0.1, 0.15) is 11.4 Å². The van der Waals surface area contributed by atoms with Crippen LogP contribution in [0, 0.1) is 5.82 Å². The molecule has 1 aliphatic heterocycles. The van der Waals surface area contributed by atoms with Gasteiger partial charge in [-0.25, -0.2) is 23.5 Å². The Morgan fingerprint density at radius 2 is 1.63 bits per heavy atom. The van der Waals surface area contributed by atoms with Crippen LogP contribution in [0.25, 0.3) is 27.8 Å². The molecule has 0 atom stereocenters. The normalized spacial score (nSPS) is 19.0. The minimum absolute atomic E-state index is 0.00261. The van der Waals surface area contributed by atoms with Gasteiger partial charge in [0.15, 0.2) is 5.65 Å². The second-order valence-electron chi connectivity index (χ2n) is 16.3. The number of benzene rings is 2. The fraction of sp³-hybridized carbons (Fsp3) is 0.488. The number of rotatable bonds is 8. The van der Waals surface area contributed by atoms with E-state index in [4.69, 9.17) is 0 Å². The second-order valence-corrected chi connectivity index (χ2v) is 16.3. The van der Waals surface area contributed by atoms with Crippen molar-refractivity contribution in [1.29, 1.82) is 0 Å². The van der Waals surface area contributed by atoms with Crippen molar-refractivity contribution in [3.63, 3.8) is 0 Å². The van der Waals surface area contributed by atoms with Crippen molar-refractivity contribution in [2.75, 3.05) is 33.2 Å². The molecule has 0 radical (unpaired) electrons. The number of hydrogen-bond donors (Lipinski definition) is 2. The van der Waals surface area contributed by atoms with Crippen molar-refractivity contribution >= 4 is 23.0 Å².